The largest absolute Gasteiger partial charge is 0.489 e. The van der Waals surface area contributed by atoms with Crippen LogP contribution in [0.5, 0.6) is 11.5 Å². The molecule has 2 heterocycles. The predicted molar refractivity (Wildman–Crippen MR) is 87.2 cm³/mol. The number of hydrogen-bond donors (Lipinski definition) is 1. The summed E-state index contributed by atoms with van der Waals surface area (Å²) < 4.78 is 12.4. The summed E-state index contributed by atoms with van der Waals surface area (Å²) in [5.41, 5.74) is 8.00. The van der Waals surface area contributed by atoms with E-state index in [1.165, 1.54) is 12.8 Å². The van der Waals surface area contributed by atoms with Crippen LogP contribution in [0.3, 0.4) is 0 Å². The predicted octanol–water partition coefficient (Wildman–Crippen LogP) is 4.19. The van der Waals surface area contributed by atoms with Crippen molar-refractivity contribution in [1.82, 2.24) is 4.98 Å². The molecule has 0 amide bonds. The molecule has 1 aliphatic carbocycles. The second-order valence-corrected chi connectivity index (χ2v) is 7.29. The molecule has 0 unspecified atom stereocenters. The first kappa shape index (κ1) is 13.4. The Balaban J connectivity index is 1.78. The van der Waals surface area contributed by atoms with E-state index in [0.29, 0.717) is 19.1 Å². The van der Waals surface area contributed by atoms with Gasteiger partial charge < -0.3 is 15.2 Å². The van der Waals surface area contributed by atoms with E-state index in [1.54, 1.807) is 11.3 Å². The normalized spacial score (nSPS) is 17.6. The lowest BCUT2D eigenvalue weighted by Crippen LogP contribution is -1.97. The van der Waals surface area contributed by atoms with E-state index in [2.05, 4.69) is 15.9 Å². The number of hydrogen-bond acceptors (Lipinski definition) is 5. The van der Waals surface area contributed by atoms with Crippen molar-refractivity contribution in [3.63, 3.8) is 0 Å². The molecule has 1 saturated carbocycles. The summed E-state index contributed by atoms with van der Waals surface area (Å²) in [6.45, 7) is 1.35. The SMILES string of the molecule is Nc1sc(C2CC2)nc1-c1cc(Br)c2c(c1)OCCCO2. The molecule has 1 aromatic heterocycles. The molecule has 1 fully saturated rings. The molecular weight excluding hydrogens is 352 g/mol. The van der Waals surface area contributed by atoms with E-state index in [1.807, 2.05) is 12.1 Å². The van der Waals surface area contributed by atoms with E-state index >= 15 is 0 Å². The maximum absolute atomic E-state index is 6.16. The molecule has 0 spiro atoms. The zero-order valence-corrected chi connectivity index (χ0v) is 13.8. The molecule has 2 N–H and O–H groups in total. The number of rotatable bonds is 2. The number of nitrogen functional groups attached to an aromatic ring is 1. The number of aromatic nitrogens is 1. The van der Waals surface area contributed by atoms with Crippen molar-refractivity contribution in [1.29, 1.82) is 0 Å². The molecule has 4 nitrogen and oxygen atoms in total. The summed E-state index contributed by atoms with van der Waals surface area (Å²) >= 11 is 5.17. The maximum atomic E-state index is 6.16. The third-order valence-corrected chi connectivity index (χ3v) is 5.31. The number of thiazole rings is 1. The molecule has 2 aliphatic rings. The minimum atomic E-state index is 0.620. The van der Waals surface area contributed by atoms with Crippen LogP contribution in [-0.4, -0.2) is 18.2 Å². The highest BCUT2D eigenvalue weighted by atomic mass is 79.9. The second kappa shape index (κ2) is 5.18. The van der Waals surface area contributed by atoms with Crippen LogP contribution in [0.25, 0.3) is 11.3 Å². The van der Waals surface area contributed by atoms with Crippen molar-refractivity contribution in [3.05, 3.63) is 21.6 Å². The van der Waals surface area contributed by atoms with Crippen LogP contribution >= 0.6 is 27.3 Å². The number of ether oxygens (including phenoxy) is 2. The van der Waals surface area contributed by atoms with Gasteiger partial charge in [-0.25, -0.2) is 4.98 Å². The van der Waals surface area contributed by atoms with E-state index < -0.39 is 0 Å². The van der Waals surface area contributed by atoms with Crippen LogP contribution in [0.15, 0.2) is 16.6 Å². The first-order chi connectivity index (χ1) is 10.2. The average Bonchev–Trinajstić information content (AvgIpc) is 3.26. The lowest BCUT2D eigenvalue weighted by atomic mass is 10.1. The van der Waals surface area contributed by atoms with E-state index in [4.69, 9.17) is 20.2 Å². The fraction of sp³-hybridized carbons (Fsp3) is 0.400. The Morgan fingerprint density at radius 3 is 2.86 bits per heavy atom. The Kier molecular flexibility index (Phi) is 3.30. The van der Waals surface area contributed by atoms with Gasteiger partial charge in [-0.05, 0) is 40.9 Å². The Morgan fingerprint density at radius 2 is 2.05 bits per heavy atom. The van der Waals surface area contributed by atoms with E-state index in [9.17, 15) is 0 Å². The van der Waals surface area contributed by atoms with Crippen LogP contribution in [-0.2, 0) is 0 Å². The summed E-state index contributed by atoms with van der Waals surface area (Å²) in [6.07, 6.45) is 3.36. The molecule has 1 aliphatic heterocycles. The zero-order chi connectivity index (χ0) is 14.4. The number of nitrogens with two attached hydrogens (primary N) is 1. The first-order valence-corrected chi connectivity index (χ1v) is 8.69. The van der Waals surface area contributed by atoms with Crippen LogP contribution in [0.2, 0.25) is 0 Å². The van der Waals surface area contributed by atoms with Crippen LogP contribution in [0.4, 0.5) is 5.00 Å². The Hall–Kier alpha value is -1.27. The molecule has 110 valence electrons. The highest BCUT2D eigenvalue weighted by molar-refractivity contribution is 9.10. The number of nitrogens with zero attached hydrogens (tertiary/aromatic N) is 1. The number of halogens is 1. The van der Waals surface area contributed by atoms with Gasteiger partial charge in [-0.3, -0.25) is 0 Å². The smallest absolute Gasteiger partial charge is 0.175 e. The van der Waals surface area contributed by atoms with Crippen molar-refractivity contribution in [2.24, 2.45) is 0 Å². The van der Waals surface area contributed by atoms with Gasteiger partial charge in [-0.1, -0.05) is 0 Å². The van der Waals surface area contributed by atoms with Crippen LogP contribution < -0.4 is 15.2 Å². The zero-order valence-electron chi connectivity index (χ0n) is 11.4. The van der Waals surface area contributed by atoms with Crippen molar-refractivity contribution in [2.45, 2.75) is 25.2 Å². The molecule has 0 atom stereocenters. The number of anilines is 1. The van der Waals surface area contributed by atoms with Crippen LogP contribution in [0.1, 0.15) is 30.2 Å². The summed E-state index contributed by atoms with van der Waals surface area (Å²) in [5.74, 6) is 2.15. The molecular formula is C15H15BrN2O2S. The molecule has 6 heteroatoms. The molecule has 0 bridgehead atoms. The monoisotopic (exact) mass is 366 g/mol. The third kappa shape index (κ3) is 2.51. The van der Waals surface area contributed by atoms with Crippen molar-refractivity contribution in [2.75, 3.05) is 18.9 Å². The van der Waals surface area contributed by atoms with Crippen molar-refractivity contribution >= 4 is 32.3 Å². The number of benzene rings is 1. The van der Waals surface area contributed by atoms with Crippen LogP contribution in [0, 0.1) is 0 Å². The summed E-state index contributed by atoms with van der Waals surface area (Å²) in [7, 11) is 0. The first-order valence-electron chi connectivity index (χ1n) is 7.08. The molecule has 0 radical (unpaired) electrons. The standard InChI is InChI=1S/C15H15BrN2O2S/c16-10-6-9(7-11-13(10)20-5-1-4-19-11)12-14(17)21-15(18-12)8-2-3-8/h6-8H,1-5,17H2. The van der Waals surface area contributed by atoms with Gasteiger partial charge in [-0.2, -0.15) is 0 Å². The third-order valence-electron chi connectivity index (χ3n) is 3.67. The van der Waals surface area contributed by atoms with E-state index in [-0.39, 0.29) is 0 Å². The molecule has 0 saturated heterocycles. The van der Waals surface area contributed by atoms with Gasteiger partial charge >= 0.3 is 0 Å². The van der Waals surface area contributed by atoms with Crippen molar-refractivity contribution < 1.29 is 9.47 Å². The van der Waals surface area contributed by atoms with Crippen molar-refractivity contribution in [3.8, 4) is 22.8 Å². The lowest BCUT2D eigenvalue weighted by Gasteiger charge is -2.11. The Labute approximate surface area is 135 Å². The molecule has 4 rings (SSSR count). The van der Waals surface area contributed by atoms with Gasteiger partial charge in [-0.15, -0.1) is 11.3 Å². The highest BCUT2D eigenvalue weighted by Crippen LogP contribution is 2.47. The van der Waals surface area contributed by atoms with Gasteiger partial charge in [0.2, 0.25) is 0 Å². The fourth-order valence-electron chi connectivity index (χ4n) is 2.43. The Bertz CT molecular complexity index is 697. The highest BCUT2D eigenvalue weighted by Gasteiger charge is 2.28. The number of fused-ring (bicyclic) bond motifs is 1. The van der Waals surface area contributed by atoms with Gasteiger partial charge in [0.1, 0.15) is 10.7 Å². The maximum Gasteiger partial charge on any atom is 0.175 e. The van der Waals surface area contributed by atoms with Gasteiger partial charge in [0, 0.05) is 17.9 Å². The average molecular weight is 367 g/mol. The minimum Gasteiger partial charge on any atom is -0.489 e. The summed E-state index contributed by atoms with van der Waals surface area (Å²) in [5, 5.41) is 1.93. The molecule has 2 aromatic rings. The molecule has 1 aromatic carbocycles. The lowest BCUT2D eigenvalue weighted by molar-refractivity contribution is 0.296. The minimum absolute atomic E-state index is 0.620. The Morgan fingerprint density at radius 1 is 1.24 bits per heavy atom. The molecule has 21 heavy (non-hydrogen) atoms. The van der Waals surface area contributed by atoms with Gasteiger partial charge in [0.05, 0.1) is 22.7 Å². The quantitative estimate of drug-likeness (QED) is 0.865. The second-order valence-electron chi connectivity index (χ2n) is 5.38. The van der Waals surface area contributed by atoms with Gasteiger partial charge in [0.15, 0.2) is 11.5 Å². The fourth-order valence-corrected chi connectivity index (χ4v) is 4.01. The summed E-state index contributed by atoms with van der Waals surface area (Å²) in [6, 6.07) is 3.99. The van der Waals surface area contributed by atoms with Gasteiger partial charge in [0.25, 0.3) is 0 Å². The van der Waals surface area contributed by atoms with E-state index in [0.717, 1.165) is 43.7 Å². The topological polar surface area (TPSA) is 57.4 Å². The summed E-state index contributed by atoms with van der Waals surface area (Å²) in [4.78, 5) is 4.73.